The van der Waals surface area contributed by atoms with Gasteiger partial charge in [0.1, 0.15) is 0 Å². The van der Waals surface area contributed by atoms with Crippen LogP contribution < -0.4 is 5.46 Å². The van der Waals surface area contributed by atoms with Gasteiger partial charge >= 0.3 is 7.12 Å². The maximum atomic E-state index is 9.01. The monoisotopic (exact) mass is 239 g/mol. The molecule has 0 bridgehead atoms. The van der Waals surface area contributed by atoms with Gasteiger partial charge in [0, 0.05) is 11.6 Å². The summed E-state index contributed by atoms with van der Waals surface area (Å²) in [6, 6.07) is 5.20. The van der Waals surface area contributed by atoms with Crippen LogP contribution in [-0.2, 0) is 6.54 Å². The van der Waals surface area contributed by atoms with Crippen LogP contribution in [0.15, 0.2) is 18.2 Å². The van der Waals surface area contributed by atoms with Crippen molar-refractivity contribution < 1.29 is 10.0 Å². The first-order chi connectivity index (χ1) is 7.66. The molecule has 0 spiro atoms. The van der Waals surface area contributed by atoms with Gasteiger partial charge in [-0.25, -0.2) is 0 Å². The molecule has 0 unspecified atom stereocenters. The van der Waals surface area contributed by atoms with Gasteiger partial charge in [0.15, 0.2) is 0 Å². The van der Waals surface area contributed by atoms with Crippen molar-refractivity contribution in [3.8, 4) is 0 Å². The lowest BCUT2D eigenvalue weighted by Gasteiger charge is -2.16. The standard InChI is InChI=1S/C11H15BClNO2/c13-11-7-10(12(15)16)4-3-9(11)8-14-5-1-2-6-14/h3-4,7,15-16H,1-2,5-6,8H2. The lowest BCUT2D eigenvalue weighted by Crippen LogP contribution is -2.30. The van der Waals surface area contributed by atoms with E-state index < -0.39 is 7.12 Å². The number of nitrogens with zero attached hydrogens (tertiary/aromatic N) is 1. The molecule has 0 saturated carbocycles. The predicted octanol–water partition coefficient (Wildman–Crippen LogP) is 0.616. The average Bonchev–Trinajstić information content (AvgIpc) is 2.73. The van der Waals surface area contributed by atoms with Gasteiger partial charge in [-0.2, -0.15) is 0 Å². The van der Waals surface area contributed by atoms with Gasteiger partial charge in [0.25, 0.3) is 0 Å². The fraction of sp³-hybridized carbons (Fsp3) is 0.455. The summed E-state index contributed by atoms with van der Waals surface area (Å²) < 4.78 is 0. The summed E-state index contributed by atoms with van der Waals surface area (Å²) in [4.78, 5) is 2.36. The van der Waals surface area contributed by atoms with Crippen LogP contribution in [0, 0.1) is 0 Å². The number of hydrogen-bond donors (Lipinski definition) is 2. The van der Waals surface area contributed by atoms with Crippen molar-refractivity contribution in [1.82, 2.24) is 4.90 Å². The summed E-state index contributed by atoms with van der Waals surface area (Å²) in [5.74, 6) is 0. The summed E-state index contributed by atoms with van der Waals surface area (Å²) in [5.41, 5.74) is 1.49. The van der Waals surface area contributed by atoms with Gasteiger partial charge in [-0.05, 0) is 43.0 Å². The number of benzene rings is 1. The third-order valence-corrected chi connectivity index (χ3v) is 3.32. The van der Waals surface area contributed by atoms with E-state index in [0.717, 1.165) is 25.2 Å². The second-order valence-corrected chi connectivity index (χ2v) is 4.61. The Hall–Kier alpha value is -0.545. The zero-order chi connectivity index (χ0) is 11.5. The molecular formula is C11H15BClNO2. The van der Waals surface area contributed by atoms with Crippen LogP contribution in [-0.4, -0.2) is 35.2 Å². The van der Waals surface area contributed by atoms with E-state index >= 15 is 0 Å². The van der Waals surface area contributed by atoms with Gasteiger partial charge in [-0.3, -0.25) is 4.90 Å². The Bertz CT molecular complexity index is 367. The van der Waals surface area contributed by atoms with E-state index in [4.69, 9.17) is 21.6 Å². The molecule has 1 heterocycles. The summed E-state index contributed by atoms with van der Waals surface area (Å²) >= 11 is 6.10. The van der Waals surface area contributed by atoms with E-state index in [2.05, 4.69) is 4.90 Å². The van der Waals surface area contributed by atoms with E-state index in [-0.39, 0.29) is 0 Å². The molecule has 1 fully saturated rings. The molecule has 3 nitrogen and oxygen atoms in total. The molecule has 2 N–H and O–H groups in total. The van der Waals surface area contributed by atoms with Gasteiger partial charge < -0.3 is 10.0 Å². The van der Waals surface area contributed by atoms with Crippen molar-refractivity contribution in [2.24, 2.45) is 0 Å². The first-order valence-corrected chi connectivity index (χ1v) is 5.91. The van der Waals surface area contributed by atoms with Gasteiger partial charge in [0.05, 0.1) is 0 Å². The van der Waals surface area contributed by atoms with Gasteiger partial charge in [-0.1, -0.05) is 23.7 Å². The highest BCUT2D eigenvalue weighted by molar-refractivity contribution is 6.59. The van der Waals surface area contributed by atoms with Crippen LogP contribution in [0.3, 0.4) is 0 Å². The molecule has 16 heavy (non-hydrogen) atoms. The van der Waals surface area contributed by atoms with Crippen molar-refractivity contribution in [2.75, 3.05) is 13.1 Å². The van der Waals surface area contributed by atoms with E-state index in [1.165, 1.54) is 12.8 Å². The van der Waals surface area contributed by atoms with Crippen molar-refractivity contribution in [3.05, 3.63) is 28.8 Å². The molecule has 5 heteroatoms. The highest BCUT2D eigenvalue weighted by Crippen LogP contribution is 2.19. The summed E-state index contributed by atoms with van der Waals surface area (Å²) in [7, 11) is -1.45. The minimum Gasteiger partial charge on any atom is -0.423 e. The predicted molar refractivity (Wildman–Crippen MR) is 65.8 cm³/mol. The van der Waals surface area contributed by atoms with Crippen LogP contribution in [0.5, 0.6) is 0 Å². The second kappa shape index (κ2) is 5.19. The lowest BCUT2D eigenvalue weighted by atomic mass is 9.80. The molecule has 1 aliphatic rings. The quantitative estimate of drug-likeness (QED) is 0.760. The summed E-state index contributed by atoms with van der Waals surface area (Å²) in [5, 5.41) is 18.6. The largest absolute Gasteiger partial charge is 0.488 e. The lowest BCUT2D eigenvalue weighted by molar-refractivity contribution is 0.331. The Balaban J connectivity index is 2.09. The molecule has 1 saturated heterocycles. The second-order valence-electron chi connectivity index (χ2n) is 4.21. The topological polar surface area (TPSA) is 43.7 Å². The van der Waals surface area contributed by atoms with E-state index in [1.807, 2.05) is 6.07 Å². The zero-order valence-electron chi connectivity index (χ0n) is 9.06. The van der Waals surface area contributed by atoms with E-state index in [9.17, 15) is 0 Å². The van der Waals surface area contributed by atoms with Crippen molar-refractivity contribution in [1.29, 1.82) is 0 Å². The molecule has 1 aromatic carbocycles. The molecule has 0 atom stereocenters. The summed E-state index contributed by atoms with van der Waals surface area (Å²) in [6.07, 6.45) is 2.51. The van der Waals surface area contributed by atoms with Crippen LogP contribution in [0.25, 0.3) is 0 Å². The smallest absolute Gasteiger partial charge is 0.423 e. The Morgan fingerprint density at radius 3 is 2.50 bits per heavy atom. The maximum Gasteiger partial charge on any atom is 0.488 e. The van der Waals surface area contributed by atoms with Crippen molar-refractivity contribution >= 4 is 24.2 Å². The number of rotatable bonds is 3. The van der Waals surface area contributed by atoms with Gasteiger partial charge in [0.2, 0.25) is 0 Å². The molecule has 1 aliphatic heterocycles. The highest BCUT2D eigenvalue weighted by Gasteiger charge is 2.16. The Morgan fingerprint density at radius 1 is 1.25 bits per heavy atom. The maximum absolute atomic E-state index is 9.01. The van der Waals surface area contributed by atoms with E-state index in [1.54, 1.807) is 12.1 Å². The van der Waals surface area contributed by atoms with Gasteiger partial charge in [-0.15, -0.1) is 0 Å². The van der Waals surface area contributed by atoms with Crippen LogP contribution in [0.1, 0.15) is 18.4 Å². The number of likely N-dealkylation sites (tertiary alicyclic amines) is 1. The third-order valence-electron chi connectivity index (χ3n) is 2.97. The Morgan fingerprint density at radius 2 is 1.94 bits per heavy atom. The fourth-order valence-electron chi connectivity index (χ4n) is 2.03. The van der Waals surface area contributed by atoms with Crippen LogP contribution >= 0.6 is 11.6 Å². The molecule has 0 aromatic heterocycles. The molecule has 86 valence electrons. The first-order valence-electron chi connectivity index (χ1n) is 5.53. The Kier molecular flexibility index (Phi) is 3.87. The van der Waals surface area contributed by atoms with Crippen LogP contribution in [0.2, 0.25) is 5.02 Å². The first kappa shape index (κ1) is 11.9. The SMILES string of the molecule is OB(O)c1ccc(CN2CCCC2)c(Cl)c1. The minimum atomic E-state index is -1.45. The molecular weight excluding hydrogens is 224 g/mol. The number of halogens is 1. The fourth-order valence-corrected chi connectivity index (χ4v) is 2.28. The minimum absolute atomic E-state index is 0.440. The van der Waals surface area contributed by atoms with E-state index in [0.29, 0.717) is 10.5 Å². The molecule has 2 rings (SSSR count). The molecule has 1 aromatic rings. The number of hydrogen-bond acceptors (Lipinski definition) is 3. The average molecular weight is 240 g/mol. The Labute approximate surface area is 101 Å². The molecule has 0 aliphatic carbocycles. The highest BCUT2D eigenvalue weighted by atomic mass is 35.5. The molecule has 0 radical (unpaired) electrons. The van der Waals surface area contributed by atoms with Crippen LogP contribution in [0.4, 0.5) is 0 Å². The summed E-state index contributed by atoms with van der Waals surface area (Å²) in [6.45, 7) is 3.10. The zero-order valence-corrected chi connectivity index (χ0v) is 9.82. The van der Waals surface area contributed by atoms with Crippen molar-refractivity contribution in [3.63, 3.8) is 0 Å². The van der Waals surface area contributed by atoms with Crippen molar-refractivity contribution in [2.45, 2.75) is 19.4 Å². The normalized spacial score (nSPS) is 16.7. The molecule has 0 amide bonds. The third kappa shape index (κ3) is 2.77.